The molecule has 19 heavy (non-hydrogen) atoms. The summed E-state index contributed by atoms with van der Waals surface area (Å²) in [5, 5.41) is 16.4. The Labute approximate surface area is 108 Å². The molecule has 0 saturated heterocycles. The average molecular weight is 263 g/mol. The molecule has 100 valence electrons. The van der Waals surface area contributed by atoms with Crippen LogP contribution in [0.3, 0.4) is 0 Å². The highest BCUT2D eigenvalue weighted by atomic mass is 16.4. The zero-order valence-electron chi connectivity index (χ0n) is 10.3. The Morgan fingerprint density at radius 1 is 1.47 bits per heavy atom. The van der Waals surface area contributed by atoms with Crippen LogP contribution in [0.1, 0.15) is 19.2 Å². The second-order valence-corrected chi connectivity index (χ2v) is 4.35. The molecule has 0 amide bonds. The number of carbonyl (C=O) groups is 1. The van der Waals surface area contributed by atoms with Gasteiger partial charge in [0.2, 0.25) is 17.3 Å². The van der Waals surface area contributed by atoms with Gasteiger partial charge in [0.15, 0.2) is 0 Å². The van der Waals surface area contributed by atoms with Crippen molar-refractivity contribution in [1.82, 2.24) is 15.2 Å². The minimum Gasteiger partial charge on any atom is -0.481 e. The Bertz CT molecular complexity index is 611. The van der Waals surface area contributed by atoms with E-state index in [0.717, 1.165) is 0 Å². The van der Waals surface area contributed by atoms with Crippen LogP contribution < -0.4 is 5.56 Å². The fraction of sp³-hybridized carbons (Fsp3) is 0.333. The third-order valence-corrected chi connectivity index (χ3v) is 2.54. The topological polar surface area (TPSA) is 109 Å². The summed E-state index contributed by atoms with van der Waals surface area (Å²) in [5.74, 6) is -0.252. The molecule has 2 N–H and O–H groups in total. The van der Waals surface area contributed by atoms with Gasteiger partial charge in [0.05, 0.1) is 5.56 Å². The summed E-state index contributed by atoms with van der Waals surface area (Å²) in [4.78, 5) is 24.0. The quantitative estimate of drug-likeness (QED) is 0.835. The number of hydrogen-bond acceptors (Lipinski definition) is 5. The van der Waals surface area contributed by atoms with E-state index in [1.165, 1.54) is 12.3 Å². The molecule has 1 unspecified atom stereocenters. The number of hydrogen-bond donors (Lipinski definition) is 2. The molecule has 2 aromatic heterocycles. The highest BCUT2D eigenvalue weighted by Crippen LogP contribution is 2.17. The highest BCUT2D eigenvalue weighted by molar-refractivity contribution is 5.66. The molecule has 0 bridgehead atoms. The maximum Gasteiger partial charge on any atom is 0.303 e. The van der Waals surface area contributed by atoms with E-state index >= 15 is 0 Å². The van der Waals surface area contributed by atoms with Crippen molar-refractivity contribution in [2.75, 3.05) is 0 Å². The molecule has 0 fully saturated rings. The molecule has 0 saturated carbocycles. The molecule has 0 aliphatic heterocycles. The van der Waals surface area contributed by atoms with Gasteiger partial charge < -0.3 is 14.5 Å². The maximum absolute atomic E-state index is 10.9. The van der Waals surface area contributed by atoms with E-state index in [1.807, 2.05) is 0 Å². The standard InChI is InChI=1S/C12H13N3O4/c1-7(5-11(17)18)4-10-14-15-12(19-10)8-2-3-9(16)13-6-8/h2-3,6-7H,4-5H2,1H3,(H,13,16)(H,17,18). The first-order valence-electron chi connectivity index (χ1n) is 5.78. The van der Waals surface area contributed by atoms with E-state index < -0.39 is 5.97 Å². The second-order valence-electron chi connectivity index (χ2n) is 4.35. The lowest BCUT2D eigenvalue weighted by Crippen LogP contribution is -2.07. The van der Waals surface area contributed by atoms with Crippen LogP contribution in [0.15, 0.2) is 27.5 Å². The largest absolute Gasteiger partial charge is 0.481 e. The summed E-state index contributed by atoms with van der Waals surface area (Å²) < 4.78 is 5.42. The third kappa shape index (κ3) is 3.51. The van der Waals surface area contributed by atoms with Gasteiger partial charge in [-0.05, 0) is 12.0 Å². The van der Waals surface area contributed by atoms with Gasteiger partial charge in [-0.15, -0.1) is 10.2 Å². The molecule has 0 aliphatic carbocycles. The van der Waals surface area contributed by atoms with Gasteiger partial charge in [0, 0.05) is 25.1 Å². The van der Waals surface area contributed by atoms with Crippen LogP contribution in [0.2, 0.25) is 0 Å². The van der Waals surface area contributed by atoms with Gasteiger partial charge in [-0.3, -0.25) is 9.59 Å². The number of pyridine rings is 1. The van der Waals surface area contributed by atoms with Crippen LogP contribution in [-0.2, 0) is 11.2 Å². The number of aromatic amines is 1. The lowest BCUT2D eigenvalue weighted by molar-refractivity contribution is -0.137. The SMILES string of the molecule is CC(CC(=O)O)Cc1nnc(-c2ccc(=O)[nH]c2)o1. The fourth-order valence-corrected chi connectivity index (χ4v) is 1.66. The van der Waals surface area contributed by atoms with Crippen molar-refractivity contribution in [3.8, 4) is 11.5 Å². The Morgan fingerprint density at radius 2 is 2.26 bits per heavy atom. The summed E-state index contributed by atoms with van der Waals surface area (Å²) in [7, 11) is 0. The van der Waals surface area contributed by atoms with E-state index in [1.54, 1.807) is 13.0 Å². The second kappa shape index (κ2) is 5.47. The first kappa shape index (κ1) is 13.0. The number of carboxylic acids is 1. The Kier molecular flexibility index (Phi) is 3.74. The molecule has 7 heteroatoms. The molecule has 0 radical (unpaired) electrons. The van der Waals surface area contributed by atoms with Crippen LogP contribution in [0.5, 0.6) is 0 Å². The van der Waals surface area contributed by atoms with Crippen LogP contribution in [0, 0.1) is 5.92 Å². The number of H-pyrrole nitrogens is 1. The summed E-state index contributed by atoms with van der Waals surface area (Å²) in [6.45, 7) is 1.80. The number of aliphatic carboxylic acids is 1. The summed E-state index contributed by atoms with van der Waals surface area (Å²) in [6.07, 6.45) is 1.94. The average Bonchev–Trinajstić information content (AvgIpc) is 2.77. The van der Waals surface area contributed by atoms with Crippen LogP contribution in [0.25, 0.3) is 11.5 Å². The zero-order valence-corrected chi connectivity index (χ0v) is 10.3. The zero-order chi connectivity index (χ0) is 13.8. The van der Waals surface area contributed by atoms with E-state index in [0.29, 0.717) is 23.8 Å². The maximum atomic E-state index is 10.9. The van der Waals surface area contributed by atoms with Crippen LogP contribution in [0.4, 0.5) is 0 Å². The summed E-state index contributed by atoms with van der Waals surface area (Å²) in [6, 6.07) is 2.95. The first-order valence-corrected chi connectivity index (χ1v) is 5.78. The number of aromatic nitrogens is 3. The van der Waals surface area contributed by atoms with E-state index in [-0.39, 0.29) is 17.9 Å². The third-order valence-electron chi connectivity index (χ3n) is 2.54. The van der Waals surface area contributed by atoms with Crippen molar-refractivity contribution >= 4 is 5.97 Å². The molecule has 2 heterocycles. The lowest BCUT2D eigenvalue weighted by atomic mass is 10.0. The van der Waals surface area contributed by atoms with Gasteiger partial charge in [-0.1, -0.05) is 6.92 Å². The van der Waals surface area contributed by atoms with E-state index in [9.17, 15) is 9.59 Å². The monoisotopic (exact) mass is 263 g/mol. The van der Waals surface area contributed by atoms with Crippen molar-refractivity contribution in [2.45, 2.75) is 19.8 Å². The molecule has 1 atom stereocenters. The van der Waals surface area contributed by atoms with Gasteiger partial charge in [0.25, 0.3) is 0 Å². The lowest BCUT2D eigenvalue weighted by Gasteiger charge is -2.03. The number of nitrogens with one attached hydrogen (secondary N) is 1. The number of carboxylic acid groups (broad SMARTS) is 1. The molecule has 0 spiro atoms. The Morgan fingerprint density at radius 3 is 2.89 bits per heavy atom. The highest BCUT2D eigenvalue weighted by Gasteiger charge is 2.14. The molecular weight excluding hydrogens is 250 g/mol. The normalized spacial score (nSPS) is 12.3. The predicted molar refractivity (Wildman–Crippen MR) is 65.5 cm³/mol. The molecule has 0 aromatic carbocycles. The molecule has 0 aliphatic rings. The molecule has 2 rings (SSSR count). The minimum absolute atomic E-state index is 0.0520. The summed E-state index contributed by atoms with van der Waals surface area (Å²) >= 11 is 0. The van der Waals surface area contributed by atoms with Gasteiger partial charge in [-0.2, -0.15) is 0 Å². The predicted octanol–water partition coefficient (Wildman–Crippen LogP) is 1.08. The smallest absolute Gasteiger partial charge is 0.303 e. The molecular formula is C12H13N3O4. The van der Waals surface area contributed by atoms with Crippen LogP contribution in [-0.4, -0.2) is 26.3 Å². The van der Waals surface area contributed by atoms with Crippen molar-refractivity contribution in [2.24, 2.45) is 5.92 Å². The van der Waals surface area contributed by atoms with E-state index in [4.69, 9.17) is 9.52 Å². The fourth-order valence-electron chi connectivity index (χ4n) is 1.66. The van der Waals surface area contributed by atoms with Crippen LogP contribution >= 0.6 is 0 Å². The van der Waals surface area contributed by atoms with E-state index in [2.05, 4.69) is 15.2 Å². The Hall–Kier alpha value is -2.44. The van der Waals surface area contributed by atoms with Gasteiger partial charge >= 0.3 is 5.97 Å². The number of rotatable bonds is 5. The summed E-state index contributed by atoms with van der Waals surface area (Å²) in [5.41, 5.74) is 0.405. The Balaban J connectivity index is 2.08. The molecule has 2 aromatic rings. The van der Waals surface area contributed by atoms with Gasteiger partial charge in [0.1, 0.15) is 0 Å². The van der Waals surface area contributed by atoms with Crippen molar-refractivity contribution in [1.29, 1.82) is 0 Å². The first-order chi connectivity index (χ1) is 9.04. The van der Waals surface area contributed by atoms with Crippen molar-refractivity contribution in [3.05, 3.63) is 34.6 Å². The van der Waals surface area contributed by atoms with Crippen molar-refractivity contribution in [3.63, 3.8) is 0 Å². The van der Waals surface area contributed by atoms with Crippen molar-refractivity contribution < 1.29 is 14.3 Å². The van der Waals surface area contributed by atoms with Gasteiger partial charge in [-0.25, -0.2) is 0 Å². The minimum atomic E-state index is -0.854. The molecule has 7 nitrogen and oxygen atoms in total. The number of nitrogens with zero attached hydrogens (tertiary/aromatic N) is 2.